The molecule has 146 valence electrons. The number of allylic oxidation sites excluding steroid dienone is 1. The highest BCUT2D eigenvalue weighted by Gasteiger charge is 2.23. The van der Waals surface area contributed by atoms with Gasteiger partial charge in [-0.15, -0.1) is 5.54 Å². The number of hydrogen-bond donors (Lipinski definition) is 0. The minimum Gasteiger partial charge on any atom is -0.207 e. The van der Waals surface area contributed by atoms with Gasteiger partial charge >= 0.3 is 0 Å². The Morgan fingerprint density at radius 2 is 1.75 bits per heavy atom. The van der Waals surface area contributed by atoms with Crippen molar-refractivity contribution in [3.8, 4) is 11.5 Å². The molecule has 0 N–H and O–H groups in total. The number of nitrogens with zero attached hydrogens (tertiary/aromatic N) is 1. The van der Waals surface area contributed by atoms with E-state index in [0.29, 0.717) is 4.90 Å². The molecule has 2 aromatic carbocycles. The van der Waals surface area contributed by atoms with Gasteiger partial charge < -0.3 is 0 Å². The molecule has 0 amide bonds. The summed E-state index contributed by atoms with van der Waals surface area (Å²) in [5, 5.41) is 0. The lowest BCUT2D eigenvalue weighted by Gasteiger charge is -2.14. The molecule has 0 aromatic heterocycles. The van der Waals surface area contributed by atoms with Crippen LogP contribution in [-0.4, -0.2) is 34.9 Å². The van der Waals surface area contributed by atoms with Crippen LogP contribution in [0.25, 0.3) is 5.57 Å². The van der Waals surface area contributed by atoms with Crippen molar-refractivity contribution in [3.05, 3.63) is 70.3 Å². The van der Waals surface area contributed by atoms with E-state index in [0.717, 1.165) is 23.1 Å². The van der Waals surface area contributed by atoms with Gasteiger partial charge in [-0.3, -0.25) is 0 Å². The number of benzene rings is 2. The molecule has 0 saturated carbocycles. The van der Waals surface area contributed by atoms with E-state index in [1.807, 2.05) is 12.1 Å². The molecule has 0 unspecified atom stereocenters. The predicted octanol–water partition coefficient (Wildman–Crippen LogP) is 4.54. The number of hydrogen-bond acceptors (Lipinski definition) is 2. The van der Waals surface area contributed by atoms with Crippen LogP contribution < -0.4 is 0 Å². The summed E-state index contributed by atoms with van der Waals surface area (Å²) < 4.78 is 26.4. The van der Waals surface area contributed by atoms with Crippen LogP contribution in [0, 0.1) is 11.5 Å². The largest absolute Gasteiger partial charge is 0.242 e. The van der Waals surface area contributed by atoms with E-state index in [2.05, 4.69) is 56.2 Å². The fourth-order valence-electron chi connectivity index (χ4n) is 3.33. The van der Waals surface area contributed by atoms with Crippen molar-refractivity contribution in [2.24, 2.45) is 0 Å². The summed E-state index contributed by atoms with van der Waals surface area (Å²) in [4.78, 5) is 0.318. The summed E-state index contributed by atoms with van der Waals surface area (Å²) in [6.07, 6.45) is 0.886. The molecule has 0 saturated heterocycles. The molecule has 0 fully saturated rings. The first-order valence-corrected chi connectivity index (χ1v) is 14.3. The van der Waals surface area contributed by atoms with Gasteiger partial charge in [-0.25, -0.2) is 12.7 Å². The third-order valence-electron chi connectivity index (χ3n) is 4.74. The Hall–Kier alpha value is -2.13. The Morgan fingerprint density at radius 1 is 1.04 bits per heavy atom. The van der Waals surface area contributed by atoms with E-state index >= 15 is 0 Å². The summed E-state index contributed by atoms with van der Waals surface area (Å²) in [5.41, 5.74) is 10.2. The van der Waals surface area contributed by atoms with Gasteiger partial charge in [0.05, 0.1) is 4.90 Å². The summed E-state index contributed by atoms with van der Waals surface area (Å²) >= 11 is 0. The van der Waals surface area contributed by atoms with Crippen LogP contribution in [-0.2, 0) is 16.4 Å². The van der Waals surface area contributed by atoms with Crippen LogP contribution in [0.5, 0.6) is 0 Å². The van der Waals surface area contributed by atoms with E-state index < -0.39 is 18.1 Å². The zero-order valence-corrected chi connectivity index (χ0v) is 19.2. The van der Waals surface area contributed by atoms with Gasteiger partial charge in [0, 0.05) is 19.7 Å². The average molecular weight is 410 g/mol. The first-order chi connectivity index (χ1) is 13.0. The van der Waals surface area contributed by atoms with Crippen molar-refractivity contribution < 1.29 is 8.42 Å². The topological polar surface area (TPSA) is 37.4 Å². The molecule has 1 aliphatic carbocycles. The van der Waals surface area contributed by atoms with Crippen molar-refractivity contribution >= 4 is 23.7 Å². The van der Waals surface area contributed by atoms with Crippen LogP contribution in [0.15, 0.2) is 52.9 Å². The lowest BCUT2D eigenvalue weighted by molar-refractivity contribution is 0.520. The Balaban J connectivity index is 2.09. The SMILES string of the molecule is CC1=C(c2cccc(S(=O)(=O)N(C)C)c2)c2cc(C#C[Si](C)(C)C)ccc2C1. The normalized spacial score (nSPS) is 14.1. The van der Waals surface area contributed by atoms with Crippen LogP contribution in [0.1, 0.15) is 29.2 Å². The molecule has 0 bridgehead atoms. The monoisotopic (exact) mass is 409 g/mol. The van der Waals surface area contributed by atoms with E-state index in [1.165, 1.54) is 21.0 Å². The Labute approximate surface area is 170 Å². The Bertz CT molecular complexity index is 1130. The van der Waals surface area contributed by atoms with Gasteiger partial charge in [0.2, 0.25) is 10.0 Å². The smallest absolute Gasteiger partial charge is 0.207 e. The second-order valence-corrected chi connectivity index (χ2v) is 15.4. The molecule has 0 radical (unpaired) electrons. The van der Waals surface area contributed by atoms with Crippen molar-refractivity contribution in [2.45, 2.75) is 37.9 Å². The second kappa shape index (κ2) is 7.36. The minimum absolute atomic E-state index is 0.318. The van der Waals surface area contributed by atoms with Crippen molar-refractivity contribution in [2.75, 3.05) is 14.1 Å². The van der Waals surface area contributed by atoms with Gasteiger partial charge in [0.15, 0.2) is 0 Å². The van der Waals surface area contributed by atoms with Crippen molar-refractivity contribution in [1.29, 1.82) is 0 Å². The fourth-order valence-corrected chi connectivity index (χ4v) is 4.80. The second-order valence-electron chi connectivity index (χ2n) is 8.52. The van der Waals surface area contributed by atoms with Gasteiger partial charge in [0.25, 0.3) is 0 Å². The highest BCUT2D eigenvalue weighted by molar-refractivity contribution is 7.89. The highest BCUT2D eigenvalue weighted by atomic mass is 32.2. The van der Waals surface area contributed by atoms with E-state index in [1.54, 1.807) is 26.2 Å². The molecule has 5 heteroatoms. The molecule has 0 aliphatic heterocycles. The van der Waals surface area contributed by atoms with E-state index in [9.17, 15) is 8.42 Å². The highest BCUT2D eigenvalue weighted by Crippen LogP contribution is 2.38. The molecule has 1 aliphatic rings. The Kier molecular flexibility index (Phi) is 5.41. The maximum Gasteiger partial charge on any atom is 0.242 e. The van der Waals surface area contributed by atoms with E-state index in [4.69, 9.17) is 0 Å². The maximum absolute atomic E-state index is 12.6. The lowest BCUT2D eigenvalue weighted by Crippen LogP contribution is -2.22. The molecule has 3 nitrogen and oxygen atoms in total. The molecule has 0 atom stereocenters. The van der Waals surface area contributed by atoms with Crippen LogP contribution in [0.3, 0.4) is 0 Å². The van der Waals surface area contributed by atoms with Crippen molar-refractivity contribution in [3.63, 3.8) is 0 Å². The van der Waals surface area contributed by atoms with Gasteiger partial charge in [-0.1, -0.05) is 49.3 Å². The first-order valence-electron chi connectivity index (χ1n) is 9.38. The molecule has 2 aromatic rings. The summed E-state index contributed by atoms with van der Waals surface area (Å²) in [6, 6.07) is 13.6. The average Bonchev–Trinajstić information content (AvgIpc) is 2.94. The number of rotatable bonds is 3. The minimum atomic E-state index is -3.46. The van der Waals surface area contributed by atoms with Gasteiger partial charge in [0.1, 0.15) is 8.07 Å². The zero-order chi connectivity index (χ0) is 20.7. The molecular formula is C23H27NO2SSi. The molecule has 0 spiro atoms. The zero-order valence-electron chi connectivity index (χ0n) is 17.4. The number of fused-ring (bicyclic) bond motifs is 1. The molecule has 0 heterocycles. The van der Waals surface area contributed by atoms with Crippen LogP contribution in [0.4, 0.5) is 0 Å². The maximum atomic E-state index is 12.6. The Morgan fingerprint density at radius 3 is 2.39 bits per heavy atom. The third-order valence-corrected chi connectivity index (χ3v) is 7.43. The standard InChI is InChI=1S/C23H27NO2SSi/c1-17-14-19-11-10-18(12-13-28(4,5)6)15-22(19)23(17)20-8-7-9-21(16-20)27(25,26)24(2)3/h7-11,15-16H,14H2,1-6H3. The van der Waals surface area contributed by atoms with Crippen molar-refractivity contribution in [1.82, 2.24) is 4.31 Å². The quantitative estimate of drug-likeness (QED) is 0.551. The molecule has 3 rings (SSSR count). The van der Waals surface area contributed by atoms with Gasteiger partial charge in [-0.2, -0.15) is 0 Å². The van der Waals surface area contributed by atoms with Crippen LogP contribution in [0.2, 0.25) is 19.6 Å². The van der Waals surface area contributed by atoms with Crippen LogP contribution >= 0.6 is 0 Å². The molecular weight excluding hydrogens is 382 g/mol. The summed E-state index contributed by atoms with van der Waals surface area (Å²) in [7, 11) is -1.79. The van der Waals surface area contributed by atoms with Gasteiger partial charge in [-0.05, 0) is 59.9 Å². The number of sulfonamides is 1. The fraction of sp³-hybridized carbons (Fsp3) is 0.304. The lowest BCUT2D eigenvalue weighted by atomic mass is 9.96. The predicted molar refractivity (Wildman–Crippen MR) is 119 cm³/mol. The molecule has 28 heavy (non-hydrogen) atoms. The third kappa shape index (κ3) is 4.15. The summed E-state index contributed by atoms with van der Waals surface area (Å²) in [5.74, 6) is 3.34. The van der Waals surface area contributed by atoms with E-state index in [-0.39, 0.29) is 0 Å². The first kappa shape index (κ1) is 20.6. The summed E-state index contributed by atoms with van der Waals surface area (Å²) in [6.45, 7) is 8.83.